The van der Waals surface area contributed by atoms with E-state index in [0.29, 0.717) is 11.3 Å². The van der Waals surface area contributed by atoms with Crippen LogP contribution in [0.5, 0.6) is 0 Å². The summed E-state index contributed by atoms with van der Waals surface area (Å²) >= 11 is 0. The van der Waals surface area contributed by atoms with E-state index < -0.39 is 48.2 Å². The van der Waals surface area contributed by atoms with Gasteiger partial charge in [-0.05, 0) is 77.1 Å². The maximum absolute atomic E-state index is 13.9. The molecule has 8 heteroatoms. The third-order valence-corrected chi connectivity index (χ3v) is 5.94. The number of rotatable bonds is 9. The van der Waals surface area contributed by atoms with Crippen molar-refractivity contribution in [3.8, 4) is 0 Å². The molecule has 0 spiro atoms. The first-order chi connectivity index (χ1) is 17.3. The van der Waals surface area contributed by atoms with Gasteiger partial charge in [-0.1, -0.05) is 49.4 Å². The van der Waals surface area contributed by atoms with Gasteiger partial charge in [0.05, 0.1) is 6.61 Å². The van der Waals surface area contributed by atoms with E-state index in [1.807, 2.05) is 63.2 Å². The molecule has 0 fully saturated rings. The van der Waals surface area contributed by atoms with Crippen molar-refractivity contribution in [2.75, 3.05) is 11.9 Å². The van der Waals surface area contributed by atoms with Crippen molar-refractivity contribution in [2.45, 2.75) is 85.5 Å². The van der Waals surface area contributed by atoms with Crippen LogP contribution in [-0.4, -0.2) is 52.2 Å². The molecule has 3 N–H and O–H groups in total. The average molecular weight is 512 g/mol. The number of benzene rings is 2. The summed E-state index contributed by atoms with van der Waals surface area (Å²) in [7, 11) is 0. The molecule has 2 rings (SSSR count). The van der Waals surface area contributed by atoms with E-state index in [2.05, 4.69) is 10.6 Å². The number of para-hydroxylation sites is 1. The first-order valence-electron chi connectivity index (χ1n) is 12.7. The van der Waals surface area contributed by atoms with Gasteiger partial charge in [-0.25, -0.2) is 4.79 Å². The number of hydrogen-bond donors (Lipinski definition) is 3. The van der Waals surface area contributed by atoms with Gasteiger partial charge in [0.1, 0.15) is 17.7 Å². The Morgan fingerprint density at radius 3 is 2.03 bits per heavy atom. The zero-order valence-corrected chi connectivity index (χ0v) is 23.2. The number of nitrogens with zero attached hydrogens (tertiary/aromatic N) is 1. The fraction of sp³-hybridized carbons (Fsp3) is 0.483. The summed E-state index contributed by atoms with van der Waals surface area (Å²) in [5.74, 6) is -0.984. The number of ether oxygens (including phenoxy) is 1. The molecule has 0 aromatic heterocycles. The van der Waals surface area contributed by atoms with Gasteiger partial charge in [0.2, 0.25) is 5.91 Å². The second kappa shape index (κ2) is 12.7. The lowest BCUT2D eigenvalue weighted by atomic mass is 9.98. The molecular formula is C29H41N3O5. The average Bonchev–Trinajstić information content (AvgIpc) is 2.81. The molecule has 3 amide bonds. The Balaban J connectivity index is 2.51. The van der Waals surface area contributed by atoms with Crippen LogP contribution in [0.4, 0.5) is 10.5 Å². The van der Waals surface area contributed by atoms with Crippen molar-refractivity contribution in [3.63, 3.8) is 0 Å². The monoisotopic (exact) mass is 511 g/mol. The first-order valence-corrected chi connectivity index (χ1v) is 12.7. The normalized spacial score (nSPS) is 13.0. The number of alkyl carbamates (subject to hydrolysis) is 1. The van der Waals surface area contributed by atoms with Gasteiger partial charge >= 0.3 is 6.09 Å². The van der Waals surface area contributed by atoms with E-state index in [-0.39, 0.29) is 0 Å². The first kappa shape index (κ1) is 29.8. The Labute approximate surface area is 220 Å². The van der Waals surface area contributed by atoms with Gasteiger partial charge in [-0.15, -0.1) is 0 Å². The van der Waals surface area contributed by atoms with Crippen LogP contribution in [0.15, 0.2) is 42.5 Å². The number of carbonyl (C=O) groups excluding carboxylic acids is 3. The van der Waals surface area contributed by atoms with Gasteiger partial charge in [0, 0.05) is 11.7 Å². The SMILES string of the molecule is CCc1ccc(C(C(=O)Nc2c(C)cccc2C)N(C(=O)C(CO)NC(=O)OC(C)(C)C)C(C)C)cc1. The van der Waals surface area contributed by atoms with E-state index >= 15 is 0 Å². The zero-order valence-electron chi connectivity index (χ0n) is 23.2. The number of aliphatic hydroxyl groups is 1. The standard InChI is InChI=1S/C29H41N3O5/c1-9-21-13-15-22(16-14-21)25(26(34)31-24-19(4)11-10-12-20(24)5)32(18(2)3)27(35)23(17-33)30-28(36)37-29(6,7)8/h10-16,18,23,25,33H,9,17H2,1-8H3,(H,30,36)(H,31,34). The minimum atomic E-state index is -1.29. The molecule has 0 heterocycles. The summed E-state index contributed by atoms with van der Waals surface area (Å²) < 4.78 is 5.27. The van der Waals surface area contributed by atoms with Gasteiger partial charge in [0.15, 0.2) is 0 Å². The van der Waals surface area contributed by atoms with E-state index in [9.17, 15) is 19.5 Å². The quantitative estimate of drug-likeness (QED) is 0.454. The molecule has 0 aliphatic carbocycles. The molecule has 0 bridgehead atoms. The lowest BCUT2D eigenvalue weighted by molar-refractivity contribution is -0.143. The molecule has 2 unspecified atom stereocenters. The van der Waals surface area contributed by atoms with E-state index in [4.69, 9.17) is 4.74 Å². The van der Waals surface area contributed by atoms with Crippen molar-refractivity contribution in [1.29, 1.82) is 0 Å². The second-order valence-corrected chi connectivity index (χ2v) is 10.5. The van der Waals surface area contributed by atoms with E-state index in [1.54, 1.807) is 34.6 Å². The summed E-state index contributed by atoms with van der Waals surface area (Å²) in [6.45, 7) is 13.9. The van der Waals surface area contributed by atoms with Crippen molar-refractivity contribution in [2.24, 2.45) is 0 Å². The maximum atomic E-state index is 13.9. The molecule has 37 heavy (non-hydrogen) atoms. The highest BCUT2D eigenvalue weighted by atomic mass is 16.6. The Hall–Kier alpha value is -3.39. The van der Waals surface area contributed by atoms with Crippen molar-refractivity contribution in [3.05, 3.63) is 64.7 Å². The number of nitrogens with one attached hydrogen (secondary N) is 2. The number of aliphatic hydroxyl groups excluding tert-OH is 1. The lowest BCUT2D eigenvalue weighted by Crippen LogP contribution is -2.55. The largest absolute Gasteiger partial charge is 0.444 e. The minimum Gasteiger partial charge on any atom is -0.444 e. The van der Waals surface area contributed by atoms with Crippen LogP contribution in [0, 0.1) is 13.8 Å². The summed E-state index contributed by atoms with van der Waals surface area (Å²) in [6.07, 6.45) is 0.00567. The Bertz CT molecular complexity index is 1070. The van der Waals surface area contributed by atoms with E-state index in [1.165, 1.54) is 4.90 Å². The third-order valence-electron chi connectivity index (χ3n) is 5.94. The summed E-state index contributed by atoms with van der Waals surface area (Å²) in [6, 6.07) is 10.5. The maximum Gasteiger partial charge on any atom is 0.408 e. The van der Waals surface area contributed by atoms with Crippen LogP contribution < -0.4 is 10.6 Å². The van der Waals surface area contributed by atoms with Gasteiger partial charge < -0.3 is 25.4 Å². The summed E-state index contributed by atoms with van der Waals surface area (Å²) in [4.78, 5) is 41.4. The highest BCUT2D eigenvalue weighted by Gasteiger charge is 2.38. The van der Waals surface area contributed by atoms with Gasteiger partial charge in [-0.2, -0.15) is 0 Å². The van der Waals surface area contributed by atoms with Crippen molar-refractivity contribution in [1.82, 2.24) is 10.2 Å². The number of anilines is 1. The third kappa shape index (κ3) is 8.05. The van der Waals surface area contributed by atoms with Crippen molar-refractivity contribution >= 4 is 23.6 Å². The van der Waals surface area contributed by atoms with Gasteiger partial charge in [-0.3, -0.25) is 9.59 Å². The summed E-state index contributed by atoms with van der Waals surface area (Å²) in [5.41, 5.74) is 3.42. The Morgan fingerprint density at radius 1 is 1.00 bits per heavy atom. The number of hydrogen-bond acceptors (Lipinski definition) is 5. The van der Waals surface area contributed by atoms with Crippen LogP contribution in [0.25, 0.3) is 0 Å². The molecule has 202 valence electrons. The molecule has 2 aromatic carbocycles. The topological polar surface area (TPSA) is 108 Å². The predicted octanol–water partition coefficient (Wildman–Crippen LogP) is 4.67. The smallest absolute Gasteiger partial charge is 0.408 e. The molecule has 2 atom stereocenters. The molecule has 0 radical (unpaired) electrons. The summed E-state index contributed by atoms with van der Waals surface area (Å²) in [5, 5.41) is 15.5. The van der Waals surface area contributed by atoms with Crippen molar-refractivity contribution < 1.29 is 24.2 Å². The molecule has 2 aromatic rings. The van der Waals surface area contributed by atoms with Crippen LogP contribution in [-0.2, 0) is 20.7 Å². The molecule has 0 aliphatic rings. The zero-order chi connectivity index (χ0) is 27.9. The fourth-order valence-corrected chi connectivity index (χ4v) is 4.07. The van der Waals surface area contributed by atoms with Crippen LogP contribution in [0.1, 0.15) is 69.8 Å². The Kier molecular flexibility index (Phi) is 10.3. The molecular weight excluding hydrogens is 470 g/mol. The van der Waals surface area contributed by atoms with Gasteiger partial charge in [0.25, 0.3) is 5.91 Å². The second-order valence-electron chi connectivity index (χ2n) is 10.5. The van der Waals surface area contributed by atoms with Crippen LogP contribution >= 0.6 is 0 Å². The number of aryl methyl sites for hydroxylation is 3. The highest BCUT2D eigenvalue weighted by molar-refractivity contribution is 6.00. The van der Waals surface area contributed by atoms with Crippen LogP contribution in [0.3, 0.4) is 0 Å². The van der Waals surface area contributed by atoms with Crippen LogP contribution in [0.2, 0.25) is 0 Å². The molecule has 0 aliphatic heterocycles. The Morgan fingerprint density at radius 2 is 1.57 bits per heavy atom. The molecule has 8 nitrogen and oxygen atoms in total. The minimum absolute atomic E-state index is 0.391. The predicted molar refractivity (Wildman–Crippen MR) is 145 cm³/mol. The fourth-order valence-electron chi connectivity index (χ4n) is 4.07. The molecule has 0 saturated carbocycles. The number of carbonyl (C=O) groups is 3. The molecule has 0 saturated heterocycles. The highest BCUT2D eigenvalue weighted by Crippen LogP contribution is 2.28. The van der Waals surface area contributed by atoms with E-state index in [0.717, 1.165) is 23.1 Å². The lowest BCUT2D eigenvalue weighted by Gasteiger charge is -2.37. The number of amides is 3.